The highest BCUT2D eigenvalue weighted by Gasteiger charge is 2.31. The van der Waals surface area contributed by atoms with Crippen LogP contribution in [0.25, 0.3) is 11.1 Å². The average Bonchev–Trinajstić information content (AvgIpc) is 3.49. The number of carboxylic acid groups (broad SMARTS) is 1. The number of aliphatic carboxylic acids is 1. The van der Waals surface area contributed by atoms with Gasteiger partial charge in [-0.25, -0.2) is 9.18 Å². The van der Waals surface area contributed by atoms with Crippen molar-refractivity contribution in [3.8, 4) is 0 Å². The monoisotopic (exact) mass is 483 g/mol. The van der Waals surface area contributed by atoms with E-state index in [4.69, 9.17) is 14.3 Å². The molecule has 0 aliphatic carbocycles. The van der Waals surface area contributed by atoms with E-state index in [9.17, 15) is 14.0 Å². The molecule has 186 valence electrons. The first-order valence-corrected chi connectivity index (χ1v) is 11.9. The van der Waals surface area contributed by atoms with Gasteiger partial charge in [0.15, 0.2) is 17.5 Å². The molecule has 8 nitrogen and oxygen atoms in total. The van der Waals surface area contributed by atoms with Gasteiger partial charge in [-0.1, -0.05) is 24.3 Å². The molecule has 1 aromatic heterocycles. The van der Waals surface area contributed by atoms with Gasteiger partial charge in [-0.3, -0.25) is 4.79 Å². The number of para-hydroxylation sites is 1. The van der Waals surface area contributed by atoms with E-state index in [0.717, 1.165) is 36.2 Å². The number of carboxylic acids is 1. The van der Waals surface area contributed by atoms with Gasteiger partial charge in [0.2, 0.25) is 0 Å². The number of benzene rings is 2. The first-order chi connectivity index (χ1) is 16.9. The van der Waals surface area contributed by atoms with E-state index < -0.39 is 18.2 Å². The van der Waals surface area contributed by atoms with Crippen LogP contribution in [0, 0.1) is 6.92 Å². The summed E-state index contributed by atoms with van der Waals surface area (Å²) in [5, 5.41) is 15.2. The van der Waals surface area contributed by atoms with Crippen LogP contribution in [0.2, 0.25) is 0 Å². The van der Waals surface area contributed by atoms with Crippen molar-refractivity contribution in [2.75, 3.05) is 18.5 Å². The maximum Gasteiger partial charge on any atom is 0.338 e. The number of aryl methyl sites for hydroxylation is 1. The van der Waals surface area contributed by atoms with E-state index in [1.807, 2.05) is 49.4 Å². The zero-order valence-electron chi connectivity index (χ0n) is 19.6. The van der Waals surface area contributed by atoms with Crippen molar-refractivity contribution in [3.63, 3.8) is 0 Å². The second-order valence-electron chi connectivity index (χ2n) is 8.85. The molecule has 1 aliphatic rings. The van der Waals surface area contributed by atoms with Crippen LogP contribution in [0.5, 0.6) is 0 Å². The van der Waals surface area contributed by atoms with Crippen LogP contribution in [0.1, 0.15) is 36.8 Å². The lowest BCUT2D eigenvalue weighted by Gasteiger charge is -2.23. The Morgan fingerprint density at radius 2 is 2.14 bits per heavy atom. The van der Waals surface area contributed by atoms with Crippen LogP contribution in [0.4, 0.5) is 16.1 Å². The molecule has 3 aromatic rings. The van der Waals surface area contributed by atoms with Gasteiger partial charge in [0, 0.05) is 24.8 Å². The Kier molecular flexibility index (Phi) is 8.09. The summed E-state index contributed by atoms with van der Waals surface area (Å²) in [6, 6.07) is 13.6. The molecule has 0 bridgehead atoms. The zero-order chi connectivity index (χ0) is 24.8. The van der Waals surface area contributed by atoms with Crippen LogP contribution in [-0.4, -0.2) is 53.3 Å². The summed E-state index contributed by atoms with van der Waals surface area (Å²) in [6.45, 7) is 2.93. The molecule has 35 heavy (non-hydrogen) atoms. The van der Waals surface area contributed by atoms with Crippen LogP contribution in [0.3, 0.4) is 0 Å². The number of hydrogen-bond acceptors (Lipinski definition) is 7. The number of halogens is 1. The molecule has 3 N–H and O–H groups in total. The van der Waals surface area contributed by atoms with Crippen molar-refractivity contribution in [1.29, 1.82) is 0 Å². The average molecular weight is 484 g/mol. The quantitative estimate of drug-likeness (QED) is 0.326. The molecule has 9 heteroatoms. The number of carbonyl (C=O) groups excluding carboxylic acids is 1. The summed E-state index contributed by atoms with van der Waals surface area (Å²) >= 11 is 0. The van der Waals surface area contributed by atoms with Gasteiger partial charge in [0.1, 0.15) is 11.6 Å². The number of nitrogens with zero attached hydrogens (tertiary/aromatic N) is 1. The number of rotatable bonds is 12. The van der Waals surface area contributed by atoms with Crippen molar-refractivity contribution in [3.05, 3.63) is 53.6 Å². The standard InChI is InChI=1S/C26H30FN3O5/c1-16-6-2-3-8-19(16)29-26-30-20-11-10-17(15-23(20)35-26)14-22(31)24(21-9-4-12-28-21)34-13-5-7-18(27)25(32)33/h2-3,6,8,10-11,15,18,21,24,28H,4-5,7,9,12-14H2,1H3,(H,29,30)(H,32,33)/t18-,21?,24?/m0/s1. The van der Waals surface area contributed by atoms with Gasteiger partial charge in [-0.15, -0.1) is 0 Å². The number of aromatic nitrogens is 1. The maximum absolute atomic E-state index is 13.3. The molecule has 1 saturated heterocycles. The minimum absolute atomic E-state index is 0.0865. The minimum atomic E-state index is -1.92. The molecule has 0 saturated carbocycles. The zero-order valence-corrected chi connectivity index (χ0v) is 19.6. The lowest BCUT2D eigenvalue weighted by molar-refractivity contribution is -0.143. The largest absolute Gasteiger partial charge is 0.479 e. The van der Waals surface area contributed by atoms with Gasteiger partial charge >= 0.3 is 5.97 Å². The number of alkyl halides is 1. The number of ether oxygens (including phenoxy) is 1. The SMILES string of the molecule is Cc1ccccc1Nc1nc2ccc(CC(=O)C(OCCC[C@H](F)C(=O)O)C3CCCN3)cc2o1. The third kappa shape index (κ3) is 6.43. The Bertz CT molecular complexity index is 1170. The summed E-state index contributed by atoms with van der Waals surface area (Å²) in [6.07, 6.45) is -0.600. The molecule has 2 aromatic carbocycles. The fraction of sp³-hybridized carbons (Fsp3) is 0.423. The van der Waals surface area contributed by atoms with Crippen molar-refractivity contribution in [1.82, 2.24) is 10.3 Å². The Morgan fingerprint density at radius 1 is 1.31 bits per heavy atom. The molecule has 4 rings (SSSR count). The fourth-order valence-corrected chi connectivity index (χ4v) is 4.26. The second-order valence-corrected chi connectivity index (χ2v) is 8.85. The first kappa shape index (κ1) is 24.8. The summed E-state index contributed by atoms with van der Waals surface area (Å²) in [5.41, 5.74) is 4.01. The lowest BCUT2D eigenvalue weighted by Crippen LogP contribution is -2.43. The van der Waals surface area contributed by atoms with Crippen molar-refractivity contribution in [2.45, 2.75) is 57.3 Å². The number of carbonyl (C=O) groups is 2. The Balaban J connectivity index is 1.41. The predicted octanol–water partition coefficient (Wildman–Crippen LogP) is 4.33. The molecular formula is C26H30FN3O5. The normalized spacial score (nSPS) is 17.4. The topological polar surface area (TPSA) is 114 Å². The third-order valence-electron chi connectivity index (χ3n) is 6.17. The summed E-state index contributed by atoms with van der Waals surface area (Å²) in [4.78, 5) is 28.3. The highest BCUT2D eigenvalue weighted by molar-refractivity contribution is 5.87. The fourth-order valence-electron chi connectivity index (χ4n) is 4.26. The third-order valence-corrected chi connectivity index (χ3v) is 6.17. The number of nitrogens with one attached hydrogen (secondary N) is 2. The molecule has 1 aliphatic heterocycles. The lowest BCUT2D eigenvalue weighted by atomic mass is 9.99. The smallest absolute Gasteiger partial charge is 0.338 e. The number of anilines is 2. The molecule has 0 radical (unpaired) electrons. The number of ketones is 1. The molecule has 2 heterocycles. The van der Waals surface area contributed by atoms with E-state index in [-0.39, 0.29) is 37.7 Å². The Morgan fingerprint density at radius 3 is 2.89 bits per heavy atom. The summed E-state index contributed by atoms with van der Waals surface area (Å²) < 4.78 is 25.0. The van der Waals surface area contributed by atoms with Gasteiger partial charge in [0.05, 0.1) is 0 Å². The van der Waals surface area contributed by atoms with Crippen LogP contribution in [-0.2, 0) is 20.7 Å². The van der Waals surface area contributed by atoms with Crippen molar-refractivity contribution >= 4 is 34.6 Å². The minimum Gasteiger partial charge on any atom is -0.479 e. The highest BCUT2D eigenvalue weighted by Crippen LogP contribution is 2.25. The van der Waals surface area contributed by atoms with E-state index >= 15 is 0 Å². The second kappa shape index (κ2) is 11.4. The molecule has 0 spiro atoms. The summed E-state index contributed by atoms with van der Waals surface area (Å²) in [5.74, 6) is -1.56. The highest BCUT2D eigenvalue weighted by atomic mass is 19.1. The van der Waals surface area contributed by atoms with Crippen molar-refractivity contribution in [2.24, 2.45) is 0 Å². The summed E-state index contributed by atoms with van der Waals surface area (Å²) in [7, 11) is 0. The molecule has 2 unspecified atom stereocenters. The van der Waals surface area contributed by atoms with Crippen molar-refractivity contribution < 1.29 is 28.2 Å². The Hall–Kier alpha value is -3.30. The maximum atomic E-state index is 13.3. The van der Waals surface area contributed by atoms with E-state index in [1.54, 1.807) is 0 Å². The van der Waals surface area contributed by atoms with Gasteiger partial charge < -0.3 is 24.9 Å². The van der Waals surface area contributed by atoms with Gasteiger partial charge in [-0.05, 0) is 68.5 Å². The predicted molar refractivity (Wildman–Crippen MR) is 130 cm³/mol. The number of hydrogen-bond donors (Lipinski definition) is 3. The first-order valence-electron chi connectivity index (χ1n) is 11.9. The van der Waals surface area contributed by atoms with Crippen LogP contribution >= 0.6 is 0 Å². The van der Waals surface area contributed by atoms with E-state index in [1.165, 1.54) is 0 Å². The Labute approximate surface area is 202 Å². The molecular weight excluding hydrogens is 453 g/mol. The van der Waals surface area contributed by atoms with Crippen LogP contribution < -0.4 is 10.6 Å². The van der Waals surface area contributed by atoms with Gasteiger partial charge in [0.25, 0.3) is 6.01 Å². The van der Waals surface area contributed by atoms with Gasteiger partial charge in [-0.2, -0.15) is 4.98 Å². The number of fused-ring (bicyclic) bond motifs is 1. The van der Waals surface area contributed by atoms with Crippen LogP contribution in [0.15, 0.2) is 46.9 Å². The number of oxazole rings is 1. The molecule has 3 atom stereocenters. The molecule has 0 amide bonds. The van der Waals surface area contributed by atoms with E-state index in [0.29, 0.717) is 17.1 Å². The number of Topliss-reactive ketones (excluding diaryl/α,β-unsaturated/α-hetero) is 1. The molecule has 1 fully saturated rings. The van der Waals surface area contributed by atoms with E-state index in [2.05, 4.69) is 15.6 Å².